The summed E-state index contributed by atoms with van der Waals surface area (Å²) in [7, 11) is 0. The van der Waals surface area contributed by atoms with Crippen LogP contribution in [0.2, 0.25) is 0 Å². The van der Waals surface area contributed by atoms with Crippen LogP contribution in [0.4, 0.5) is 4.39 Å². The van der Waals surface area contributed by atoms with E-state index in [-0.39, 0.29) is 5.82 Å². The maximum atomic E-state index is 13.6. The van der Waals surface area contributed by atoms with Crippen LogP contribution in [-0.2, 0) is 0 Å². The van der Waals surface area contributed by atoms with Crippen molar-refractivity contribution < 1.29 is 4.39 Å². The SMILES string of the molecule is CC1=C(c2cc3cc(-c4cccc(F)c4)ccc3cc2C)NCCC1. The Morgan fingerprint density at radius 1 is 0.880 bits per heavy atom. The first-order valence-corrected chi connectivity index (χ1v) is 8.86. The maximum Gasteiger partial charge on any atom is 0.123 e. The Hall–Kier alpha value is -2.61. The van der Waals surface area contributed by atoms with E-state index in [4.69, 9.17) is 0 Å². The molecule has 1 N–H and O–H groups in total. The summed E-state index contributed by atoms with van der Waals surface area (Å²) in [6.45, 7) is 5.42. The molecule has 3 aromatic rings. The van der Waals surface area contributed by atoms with Gasteiger partial charge in [0, 0.05) is 17.8 Å². The molecule has 0 saturated carbocycles. The van der Waals surface area contributed by atoms with E-state index < -0.39 is 0 Å². The highest BCUT2D eigenvalue weighted by molar-refractivity contribution is 5.91. The largest absolute Gasteiger partial charge is 0.385 e. The van der Waals surface area contributed by atoms with Crippen LogP contribution in [0, 0.1) is 12.7 Å². The second-order valence-electron chi connectivity index (χ2n) is 6.93. The molecule has 1 nitrogen and oxygen atoms in total. The van der Waals surface area contributed by atoms with Gasteiger partial charge in [-0.15, -0.1) is 0 Å². The topological polar surface area (TPSA) is 12.0 Å². The molecule has 1 aliphatic heterocycles. The Balaban J connectivity index is 1.86. The monoisotopic (exact) mass is 331 g/mol. The number of fused-ring (bicyclic) bond motifs is 1. The fraction of sp³-hybridized carbons (Fsp3) is 0.217. The van der Waals surface area contributed by atoms with Crippen molar-refractivity contribution in [3.63, 3.8) is 0 Å². The third-order valence-electron chi connectivity index (χ3n) is 5.07. The first kappa shape index (κ1) is 15.9. The molecule has 25 heavy (non-hydrogen) atoms. The van der Waals surface area contributed by atoms with E-state index in [9.17, 15) is 4.39 Å². The predicted octanol–water partition coefficient (Wildman–Crippen LogP) is 6.07. The summed E-state index contributed by atoms with van der Waals surface area (Å²) in [5, 5.41) is 5.98. The highest BCUT2D eigenvalue weighted by Gasteiger charge is 2.13. The molecule has 0 saturated heterocycles. The molecule has 0 fully saturated rings. The Bertz CT molecular complexity index is 985. The summed E-state index contributed by atoms with van der Waals surface area (Å²) in [6, 6.07) is 17.7. The zero-order chi connectivity index (χ0) is 17.4. The van der Waals surface area contributed by atoms with E-state index in [1.165, 1.54) is 45.7 Å². The molecule has 0 aromatic heterocycles. The van der Waals surface area contributed by atoms with Crippen LogP contribution in [0.5, 0.6) is 0 Å². The summed E-state index contributed by atoms with van der Waals surface area (Å²) < 4.78 is 13.6. The number of hydrogen-bond donors (Lipinski definition) is 1. The van der Waals surface area contributed by atoms with Gasteiger partial charge in [0.05, 0.1) is 0 Å². The Morgan fingerprint density at radius 2 is 1.72 bits per heavy atom. The molecule has 126 valence electrons. The van der Waals surface area contributed by atoms with Crippen molar-refractivity contribution in [3.8, 4) is 11.1 Å². The van der Waals surface area contributed by atoms with E-state index >= 15 is 0 Å². The van der Waals surface area contributed by atoms with Crippen molar-refractivity contribution in [3.05, 3.63) is 77.1 Å². The summed E-state index contributed by atoms with van der Waals surface area (Å²) in [5.74, 6) is -0.200. The summed E-state index contributed by atoms with van der Waals surface area (Å²) in [5.41, 5.74) is 7.23. The van der Waals surface area contributed by atoms with Gasteiger partial charge >= 0.3 is 0 Å². The quantitative estimate of drug-likeness (QED) is 0.601. The summed E-state index contributed by atoms with van der Waals surface area (Å²) in [6.07, 6.45) is 2.36. The van der Waals surface area contributed by atoms with Crippen molar-refractivity contribution in [1.82, 2.24) is 5.32 Å². The normalized spacial score (nSPS) is 14.7. The lowest BCUT2D eigenvalue weighted by molar-refractivity contribution is 0.628. The highest BCUT2D eigenvalue weighted by atomic mass is 19.1. The van der Waals surface area contributed by atoms with Gasteiger partial charge in [-0.3, -0.25) is 0 Å². The molecular weight excluding hydrogens is 309 g/mol. The fourth-order valence-corrected chi connectivity index (χ4v) is 3.70. The Kier molecular flexibility index (Phi) is 4.04. The van der Waals surface area contributed by atoms with Crippen LogP contribution in [0.1, 0.15) is 30.9 Å². The standard InChI is InChI=1S/C23H22FN/c1-15-5-4-10-25-23(15)22-14-20-12-19(9-8-18(20)11-16(22)2)17-6-3-7-21(24)13-17/h3,6-9,11-14,25H,4-5,10H2,1-2H3. The van der Waals surface area contributed by atoms with E-state index in [1.54, 1.807) is 12.1 Å². The summed E-state index contributed by atoms with van der Waals surface area (Å²) >= 11 is 0. The van der Waals surface area contributed by atoms with Crippen molar-refractivity contribution in [1.29, 1.82) is 0 Å². The lowest BCUT2D eigenvalue weighted by Crippen LogP contribution is -2.20. The molecule has 1 aliphatic rings. The van der Waals surface area contributed by atoms with Gasteiger partial charge in [-0.25, -0.2) is 4.39 Å². The van der Waals surface area contributed by atoms with Crippen LogP contribution in [0.15, 0.2) is 60.2 Å². The molecule has 0 atom stereocenters. The lowest BCUT2D eigenvalue weighted by atomic mass is 9.93. The number of hydrogen-bond acceptors (Lipinski definition) is 1. The molecule has 0 amide bonds. The molecule has 1 heterocycles. The number of benzene rings is 3. The highest BCUT2D eigenvalue weighted by Crippen LogP contribution is 2.31. The molecule has 0 unspecified atom stereocenters. The number of halogens is 1. The van der Waals surface area contributed by atoms with Gasteiger partial charge in [-0.2, -0.15) is 0 Å². The van der Waals surface area contributed by atoms with Gasteiger partial charge in [-0.05, 0) is 84.0 Å². The van der Waals surface area contributed by atoms with Gasteiger partial charge in [0.1, 0.15) is 5.82 Å². The van der Waals surface area contributed by atoms with Crippen molar-refractivity contribution >= 4 is 16.5 Å². The van der Waals surface area contributed by atoms with E-state index in [0.29, 0.717) is 0 Å². The molecule has 0 bridgehead atoms. The zero-order valence-corrected chi connectivity index (χ0v) is 14.7. The van der Waals surface area contributed by atoms with Gasteiger partial charge in [0.25, 0.3) is 0 Å². The smallest absolute Gasteiger partial charge is 0.123 e. The van der Waals surface area contributed by atoms with Gasteiger partial charge in [-0.1, -0.05) is 30.3 Å². The lowest BCUT2D eigenvalue weighted by Gasteiger charge is -2.22. The molecule has 3 aromatic carbocycles. The fourth-order valence-electron chi connectivity index (χ4n) is 3.70. The number of allylic oxidation sites excluding steroid dienone is 1. The molecule has 4 rings (SSSR count). The molecular formula is C23H22FN. The Labute approximate surface area is 148 Å². The minimum absolute atomic E-state index is 0.200. The van der Waals surface area contributed by atoms with Gasteiger partial charge < -0.3 is 5.32 Å². The van der Waals surface area contributed by atoms with Crippen molar-refractivity contribution in [2.75, 3.05) is 6.54 Å². The average Bonchev–Trinajstić information content (AvgIpc) is 2.61. The molecule has 0 aliphatic carbocycles. The predicted molar refractivity (Wildman–Crippen MR) is 104 cm³/mol. The van der Waals surface area contributed by atoms with Crippen LogP contribution in [0.25, 0.3) is 27.6 Å². The van der Waals surface area contributed by atoms with Crippen LogP contribution < -0.4 is 5.32 Å². The average molecular weight is 331 g/mol. The number of nitrogens with one attached hydrogen (secondary N) is 1. The minimum Gasteiger partial charge on any atom is -0.385 e. The van der Waals surface area contributed by atoms with Gasteiger partial charge in [0.15, 0.2) is 0 Å². The Morgan fingerprint density at radius 3 is 2.52 bits per heavy atom. The second kappa shape index (κ2) is 6.36. The van der Waals surface area contributed by atoms with E-state index in [0.717, 1.165) is 24.1 Å². The third-order valence-corrected chi connectivity index (χ3v) is 5.07. The zero-order valence-electron chi connectivity index (χ0n) is 14.7. The third kappa shape index (κ3) is 3.05. The maximum absolute atomic E-state index is 13.6. The van der Waals surface area contributed by atoms with E-state index in [2.05, 4.69) is 49.5 Å². The number of rotatable bonds is 2. The minimum atomic E-state index is -0.200. The first-order chi connectivity index (χ1) is 12.1. The van der Waals surface area contributed by atoms with Crippen LogP contribution in [0.3, 0.4) is 0 Å². The summed E-state index contributed by atoms with van der Waals surface area (Å²) in [4.78, 5) is 0. The van der Waals surface area contributed by atoms with Crippen LogP contribution >= 0.6 is 0 Å². The van der Waals surface area contributed by atoms with Crippen molar-refractivity contribution in [2.24, 2.45) is 0 Å². The second-order valence-corrected chi connectivity index (χ2v) is 6.93. The molecule has 2 heteroatoms. The molecule has 0 radical (unpaired) electrons. The van der Waals surface area contributed by atoms with Crippen LogP contribution in [-0.4, -0.2) is 6.54 Å². The number of aryl methyl sites for hydroxylation is 1. The van der Waals surface area contributed by atoms with Crippen molar-refractivity contribution in [2.45, 2.75) is 26.7 Å². The van der Waals surface area contributed by atoms with E-state index in [1.807, 2.05) is 6.07 Å². The first-order valence-electron chi connectivity index (χ1n) is 8.86. The van der Waals surface area contributed by atoms with Gasteiger partial charge in [0.2, 0.25) is 0 Å². The molecule has 0 spiro atoms.